The van der Waals surface area contributed by atoms with Crippen LogP contribution in [0.2, 0.25) is 0 Å². The molecule has 0 aliphatic carbocycles. The summed E-state index contributed by atoms with van der Waals surface area (Å²) in [6, 6.07) is 7.84. The summed E-state index contributed by atoms with van der Waals surface area (Å²) in [5, 5.41) is 2.89. The molecule has 1 unspecified atom stereocenters. The Hall–Kier alpha value is -1.59. The monoisotopic (exact) mass is 290 g/mol. The molecule has 1 aliphatic heterocycles. The minimum Gasteiger partial charge on any atom is -0.399 e. The standard InChI is InChI=1S/C16H26N4O/c1-19-9-4-7-15(12-19)20(2)10-8-16(21)18-14-6-3-5-13(17)11-14/h3,5-6,11,15H,4,7-10,12,17H2,1-2H3,(H,18,21). The summed E-state index contributed by atoms with van der Waals surface area (Å²) in [6.45, 7) is 3.06. The number of nitrogen functional groups attached to an aromatic ring is 1. The number of rotatable bonds is 5. The number of benzene rings is 1. The van der Waals surface area contributed by atoms with E-state index in [0.717, 1.165) is 18.8 Å². The number of piperidine rings is 1. The van der Waals surface area contributed by atoms with Crippen LogP contribution in [0.15, 0.2) is 24.3 Å². The molecular weight excluding hydrogens is 264 g/mol. The van der Waals surface area contributed by atoms with Gasteiger partial charge in [-0.25, -0.2) is 0 Å². The smallest absolute Gasteiger partial charge is 0.225 e. The van der Waals surface area contributed by atoms with Crippen molar-refractivity contribution in [2.45, 2.75) is 25.3 Å². The molecule has 1 aliphatic rings. The minimum atomic E-state index is 0.0385. The van der Waals surface area contributed by atoms with Crippen LogP contribution in [-0.4, -0.2) is 55.5 Å². The van der Waals surface area contributed by atoms with Gasteiger partial charge in [-0.15, -0.1) is 0 Å². The molecule has 3 N–H and O–H groups in total. The molecule has 5 nitrogen and oxygen atoms in total. The van der Waals surface area contributed by atoms with Crippen LogP contribution < -0.4 is 11.1 Å². The second kappa shape index (κ2) is 7.43. The van der Waals surface area contributed by atoms with Gasteiger partial charge in [0, 0.05) is 36.9 Å². The molecule has 1 amide bonds. The van der Waals surface area contributed by atoms with Gasteiger partial charge in [-0.1, -0.05) is 6.07 Å². The van der Waals surface area contributed by atoms with Gasteiger partial charge in [-0.05, 0) is 51.7 Å². The fourth-order valence-electron chi connectivity index (χ4n) is 2.80. The highest BCUT2D eigenvalue weighted by atomic mass is 16.1. The zero-order chi connectivity index (χ0) is 15.2. The van der Waals surface area contributed by atoms with Crippen molar-refractivity contribution in [1.29, 1.82) is 0 Å². The molecule has 1 fully saturated rings. The Morgan fingerprint density at radius 3 is 3.05 bits per heavy atom. The van der Waals surface area contributed by atoms with Crippen molar-refractivity contribution in [2.75, 3.05) is 44.8 Å². The van der Waals surface area contributed by atoms with Gasteiger partial charge in [0.15, 0.2) is 0 Å². The van der Waals surface area contributed by atoms with Gasteiger partial charge in [-0.2, -0.15) is 0 Å². The number of hydrogen-bond donors (Lipinski definition) is 2. The fraction of sp³-hybridized carbons (Fsp3) is 0.562. The van der Waals surface area contributed by atoms with Gasteiger partial charge >= 0.3 is 0 Å². The molecular formula is C16H26N4O. The minimum absolute atomic E-state index is 0.0385. The van der Waals surface area contributed by atoms with Crippen molar-refractivity contribution in [3.8, 4) is 0 Å². The molecule has 1 aromatic rings. The summed E-state index contributed by atoms with van der Waals surface area (Å²) in [6.07, 6.45) is 2.96. The van der Waals surface area contributed by atoms with Crippen LogP contribution >= 0.6 is 0 Å². The third-order valence-corrected chi connectivity index (χ3v) is 4.08. The topological polar surface area (TPSA) is 61.6 Å². The van der Waals surface area contributed by atoms with Crippen molar-refractivity contribution >= 4 is 17.3 Å². The second-order valence-corrected chi connectivity index (χ2v) is 5.96. The number of nitrogens with zero attached hydrogens (tertiary/aromatic N) is 2. The van der Waals surface area contributed by atoms with Crippen LogP contribution in [0.3, 0.4) is 0 Å². The SMILES string of the molecule is CN1CCCC(N(C)CCC(=O)Nc2cccc(N)c2)C1. The Morgan fingerprint density at radius 1 is 1.52 bits per heavy atom. The van der Waals surface area contributed by atoms with E-state index < -0.39 is 0 Å². The van der Waals surface area contributed by atoms with Crippen molar-refractivity contribution in [3.63, 3.8) is 0 Å². The molecule has 0 bridgehead atoms. The van der Waals surface area contributed by atoms with Crippen molar-refractivity contribution in [2.24, 2.45) is 0 Å². The average molecular weight is 290 g/mol. The van der Waals surface area contributed by atoms with E-state index in [1.165, 1.54) is 19.4 Å². The Bertz CT molecular complexity index is 477. The lowest BCUT2D eigenvalue weighted by Gasteiger charge is -2.35. The molecule has 5 heteroatoms. The molecule has 0 saturated carbocycles. The molecule has 1 saturated heterocycles. The summed E-state index contributed by atoms with van der Waals surface area (Å²) in [5.41, 5.74) is 7.13. The van der Waals surface area contributed by atoms with Crippen LogP contribution in [0.1, 0.15) is 19.3 Å². The number of carbonyl (C=O) groups excluding carboxylic acids is 1. The highest BCUT2D eigenvalue weighted by molar-refractivity contribution is 5.91. The third-order valence-electron chi connectivity index (χ3n) is 4.08. The molecule has 1 aromatic carbocycles. The van der Waals surface area contributed by atoms with Gasteiger partial charge in [0.05, 0.1) is 0 Å². The lowest BCUT2D eigenvalue weighted by molar-refractivity contribution is -0.116. The average Bonchev–Trinajstić information content (AvgIpc) is 2.45. The molecule has 2 rings (SSSR count). The number of nitrogens with two attached hydrogens (primary N) is 1. The normalized spacial score (nSPS) is 19.7. The maximum Gasteiger partial charge on any atom is 0.225 e. The maximum atomic E-state index is 12.0. The molecule has 0 spiro atoms. The summed E-state index contributed by atoms with van der Waals surface area (Å²) in [5.74, 6) is 0.0385. The van der Waals surface area contributed by atoms with Crippen LogP contribution in [0.4, 0.5) is 11.4 Å². The lowest BCUT2D eigenvalue weighted by atomic mass is 10.0. The number of carbonyl (C=O) groups is 1. The molecule has 21 heavy (non-hydrogen) atoms. The molecule has 116 valence electrons. The predicted molar refractivity (Wildman–Crippen MR) is 87.3 cm³/mol. The molecule has 0 aromatic heterocycles. The van der Waals surface area contributed by atoms with Crippen molar-refractivity contribution in [1.82, 2.24) is 9.80 Å². The number of hydrogen-bond acceptors (Lipinski definition) is 4. The first-order chi connectivity index (χ1) is 10.0. The first kappa shape index (κ1) is 15.8. The van der Waals surface area contributed by atoms with E-state index in [1.807, 2.05) is 18.2 Å². The number of anilines is 2. The number of amides is 1. The summed E-state index contributed by atoms with van der Waals surface area (Å²) < 4.78 is 0. The van der Waals surface area contributed by atoms with E-state index in [9.17, 15) is 4.79 Å². The van der Waals surface area contributed by atoms with Gasteiger partial charge in [0.1, 0.15) is 0 Å². The van der Waals surface area contributed by atoms with E-state index in [2.05, 4.69) is 29.2 Å². The van der Waals surface area contributed by atoms with E-state index in [4.69, 9.17) is 5.73 Å². The number of nitrogens with one attached hydrogen (secondary N) is 1. The van der Waals surface area contributed by atoms with E-state index >= 15 is 0 Å². The largest absolute Gasteiger partial charge is 0.399 e. The van der Waals surface area contributed by atoms with E-state index in [-0.39, 0.29) is 5.91 Å². The van der Waals surface area contributed by atoms with Crippen LogP contribution in [-0.2, 0) is 4.79 Å². The highest BCUT2D eigenvalue weighted by Crippen LogP contribution is 2.14. The lowest BCUT2D eigenvalue weighted by Crippen LogP contribution is -2.45. The van der Waals surface area contributed by atoms with Crippen LogP contribution in [0.25, 0.3) is 0 Å². The summed E-state index contributed by atoms with van der Waals surface area (Å²) >= 11 is 0. The first-order valence-corrected chi connectivity index (χ1v) is 7.59. The quantitative estimate of drug-likeness (QED) is 0.809. The third kappa shape index (κ3) is 5.02. The summed E-state index contributed by atoms with van der Waals surface area (Å²) in [7, 11) is 4.27. The van der Waals surface area contributed by atoms with E-state index in [0.29, 0.717) is 18.2 Å². The zero-order valence-electron chi connectivity index (χ0n) is 13.0. The van der Waals surface area contributed by atoms with Gasteiger partial charge in [0.2, 0.25) is 5.91 Å². The fourth-order valence-corrected chi connectivity index (χ4v) is 2.80. The molecule has 0 radical (unpaired) electrons. The van der Waals surface area contributed by atoms with Gasteiger partial charge < -0.3 is 20.9 Å². The summed E-state index contributed by atoms with van der Waals surface area (Å²) in [4.78, 5) is 16.6. The van der Waals surface area contributed by atoms with E-state index in [1.54, 1.807) is 6.07 Å². The van der Waals surface area contributed by atoms with Crippen LogP contribution in [0.5, 0.6) is 0 Å². The van der Waals surface area contributed by atoms with Crippen molar-refractivity contribution < 1.29 is 4.79 Å². The highest BCUT2D eigenvalue weighted by Gasteiger charge is 2.21. The number of likely N-dealkylation sites (N-methyl/N-ethyl adjacent to an activating group) is 2. The van der Waals surface area contributed by atoms with Crippen molar-refractivity contribution in [3.05, 3.63) is 24.3 Å². The number of likely N-dealkylation sites (tertiary alicyclic amines) is 1. The molecule has 1 heterocycles. The predicted octanol–water partition coefficient (Wildman–Crippen LogP) is 1.62. The van der Waals surface area contributed by atoms with Gasteiger partial charge in [0.25, 0.3) is 0 Å². The Labute approximate surface area is 127 Å². The Kier molecular flexibility index (Phi) is 5.59. The zero-order valence-corrected chi connectivity index (χ0v) is 13.0. The molecule has 1 atom stereocenters. The Morgan fingerprint density at radius 2 is 2.33 bits per heavy atom. The van der Waals surface area contributed by atoms with Gasteiger partial charge in [-0.3, -0.25) is 4.79 Å². The second-order valence-electron chi connectivity index (χ2n) is 5.96. The Balaban J connectivity index is 1.75. The van der Waals surface area contributed by atoms with Crippen LogP contribution in [0, 0.1) is 0 Å². The first-order valence-electron chi connectivity index (χ1n) is 7.59. The maximum absolute atomic E-state index is 12.0.